The number of furan rings is 1. The number of hydroxylamine groups is 2. The Balaban J connectivity index is 1.87. The van der Waals surface area contributed by atoms with Crippen LogP contribution in [0.15, 0.2) is 47.3 Å². The second-order valence-corrected chi connectivity index (χ2v) is 3.84. The average Bonchev–Trinajstić information content (AvgIpc) is 3.03. The van der Waals surface area contributed by atoms with Crippen molar-refractivity contribution in [3.63, 3.8) is 0 Å². The van der Waals surface area contributed by atoms with Crippen LogP contribution in [-0.2, 0) is 4.84 Å². The highest BCUT2D eigenvalue weighted by molar-refractivity contribution is 6.21. The topological polar surface area (TPSA) is 76.8 Å². The molecule has 94 valence electrons. The summed E-state index contributed by atoms with van der Waals surface area (Å²) in [7, 11) is 0. The zero-order valence-electron chi connectivity index (χ0n) is 9.53. The van der Waals surface area contributed by atoms with E-state index in [1.165, 1.54) is 30.7 Å². The SMILES string of the molecule is O=C(ON1C(=O)c2ccccc2C1=O)c1ccoc1. The number of benzene rings is 1. The van der Waals surface area contributed by atoms with Gasteiger partial charge in [0.15, 0.2) is 0 Å². The first-order chi connectivity index (χ1) is 9.18. The molecule has 0 N–H and O–H groups in total. The smallest absolute Gasteiger partial charge is 0.367 e. The average molecular weight is 257 g/mol. The Bertz CT molecular complexity index is 639. The van der Waals surface area contributed by atoms with E-state index in [0.29, 0.717) is 5.06 Å². The second-order valence-electron chi connectivity index (χ2n) is 3.84. The molecule has 3 rings (SSSR count). The first-order valence-electron chi connectivity index (χ1n) is 5.41. The Morgan fingerprint density at radius 2 is 1.68 bits per heavy atom. The van der Waals surface area contributed by atoms with Gasteiger partial charge in [0.1, 0.15) is 11.8 Å². The molecular weight excluding hydrogens is 250 g/mol. The van der Waals surface area contributed by atoms with Gasteiger partial charge in [0.25, 0.3) is 11.8 Å². The summed E-state index contributed by atoms with van der Waals surface area (Å²) >= 11 is 0. The van der Waals surface area contributed by atoms with Gasteiger partial charge in [-0.2, -0.15) is 0 Å². The van der Waals surface area contributed by atoms with Crippen molar-refractivity contribution < 1.29 is 23.6 Å². The summed E-state index contributed by atoms with van der Waals surface area (Å²) in [4.78, 5) is 40.3. The van der Waals surface area contributed by atoms with Crippen LogP contribution in [0.25, 0.3) is 0 Å². The number of rotatable bonds is 2. The third-order valence-corrected chi connectivity index (χ3v) is 2.69. The van der Waals surface area contributed by atoms with Crippen LogP contribution < -0.4 is 0 Å². The fraction of sp³-hybridized carbons (Fsp3) is 0. The van der Waals surface area contributed by atoms with Gasteiger partial charge in [0.2, 0.25) is 0 Å². The number of carbonyl (C=O) groups is 3. The molecule has 2 amide bonds. The Kier molecular flexibility index (Phi) is 2.42. The minimum absolute atomic E-state index is 0.122. The van der Waals surface area contributed by atoms with Crippen molar-refractivity contribution in [3.8, 4) is 0 Å². The Hall–Kier alpha value is -2.89. The number of amides is 2. The highest BCUT2D eigenvalue weighted by atomic mass is 16.7. The molecule has 0 fully saturated rings. The van der Waals surface area contributed by atoms with Gasteiger partial charge in [0.05, 0.1) is 17.4 Å². The van der Waals surface area contributed by atoms with Gasteiger partial charge in [-0.15, -0.1) is 0 Å². The zero-order valence-corrected chi connectivity index (χ0v) is 9.53. The summed E-state index contributed by atoms with van der Waals surface area (Å²) in [6, 6.07) is 7.64. The maximum absolute atomic E-state index is 11.9. The molecule has 6 heteroatoms. The highest BCUT2D eigenvalue weighted by Crippen LogP contribution is 2.23. The summed E-state index contributed by atoms with van der Waals surface area (Å²) in [5.41, 5.74) is 0.552. The van der Waals surface area contributed by atoms with Gasteiger partial charge in [-0.3, -0.25) is 9.59 Å². The maximum Gasteiger partial charge on any atom is 0.367 e. The molecule has 19 heavy (non-hydrogen) atoms. The van der Waals surface area contributed by atoms with Crippen LogP contribution in [-0.4, -0.2) is 22.8 Å². The molecule has 1 aromatic heterocycles. The van der Waals surface area contributed by atoms with E-state index in [1.54, 1.807) is 12.1 Å². The summed E-state index contributed by atoms with van der Waals surface area (Å²) in [6.45, 7) is 0. The van der Waals surface area contributed by atoms with E-state index in [-0.39, 0.29) is 16.7 Å². The monoisotopic (exact) mass is 257 g/mol. The van der Waals surface area contributed by atoms with Crippen LogP contribution in [0.2, 0.25) is 0 Å². The molecule has 2 heterocycles. The third kappa shape index (κ3) is 1.70. The second kappa shape index (κ2) is 4.09. The fourth-order valence-electron chi connectivity index (χ4n) is 1.77. The van der Waals surface area contributed by atoms with Crippen LogP contribution in [0.3, 0.4) is 0 Å². The summed E-state index contributed by atoms with van der Waals surface area (Å²) in [6.07, 6.45) is 2.46. The van der Waals surface area contributed by atoms with E-state index in [0.717, 1.165) is 0 Å². The van der Waals surface area contributed by atoms with Crippen molar-refractivity contribution in [2.45, 2.75) is 0 Å². The lowest BCUT2D eigenvalue weighted by Crippen LogP contribution is -2.32. The highest BCUT2D eigenvalue weighted by Gasteiger charge is 2.38. The quantitative estimate of drug-likeness (QED) is 0.764. The molecular formula is C13H7NO5. The molecule has 1 aliphatic heterocycles. The van der Waals surface area contributed by atoms with Crippen LogP contribution in [0.1, 0.15) is 31.1 Å². The molecule has 6 nitrogen and oxygen atoms in total. The van der Waals surface area contributed by atoms with Crippen LogP contribution in [0.5, 0.6) is 0 Å². The minimum atomic E-state index is -0.830. The minimum Gasteiger partial charge on any atom is -0.472 e. The van der Waals surface area contributed by atoms with Crippen LogP contribution in [0, 0.1) is 0 Å². The van der Waals surface area contributed by atoms with Gasteiger partial charge < -0.3 is 9.25 Å². The molecule has 0 aliphatic carbocycles. The Morgan fingerprint density at radius 1 is 1.05 bits per heavy atom. The molecule has 2 aromatic rings. The normalized spacial score (nSPS) is 13.6. The van der Waals surface area contributed by atoms with Crippen molar-refractivity contribution in [1.29, 1.82) is 0 Å². The predicted molar refractivity (Wildman–Crippen MR) is 61.1 cm³/mol. The molecule has 0 spiro atoms. The molecule has 0 radical (unpaired) electrons. The van der Waals surface area contributed by atoms with Gasteiger partial charge >= 0.3 is 5.97 Å². The van der Waals surface area contributed by atoms with Gasteiger partial charge in [-0.25, -0.2) is 4.79 Å². The van der Waals surface area contributed by atoms with E-state index < -0.39 is 17.8 Å². The zero-order chi connectivity index (χ0) is 13.4. The van der Waals surface area contributed by atoms with Crippen molar-refractivity contribution in [2.75, 3.05) is 0 Å². The lowest BCUT2D eigenvalue weighted by molar-refractivity contribution is -0.0585. The van der Waals surface area contributed by atoms with Gasteiger partial charge in [0, 0.05) is 0 Å². The maximum atomic E-state index is 11.9. The molecule has 0 unspecified atom stereocenters. The number of hydrogen-bond acceptors (Lipinski definition) is 5. The molecule has 0 saturated heterocycles. The van der Waals surface area contributed by atoms with Gasteiger partial charge in [-0.05, 0) is 18.2 Å². The first kappa shape index (κ1) is 11.2. The number of hydrogen-bond donors (Lipinski definition) is 0. The van der Waals surface area contributed by atoms with Crippen LogP contribution >= 0.6 is 0 Å². The summed E-state index contributed by atoms with van der Waals surface area (Å²) < 4.78 is 4.73. The van der Waals surface area contributed by atoms with Crippen molar-refractivity contribution >= 4 is 17.8 Å². The van der Waals surface area contributed by atoms with Crippen molar-refractivity contribution in [3.05, 3.63) is 59.5 Å². The lowest BCUT2D eigenvalue weighted by Gasteiger charge is -2.11. The number of imide groups is 1. The molecule has 1 aliphatic rings. The van der Waals surface area contributed by atoms with Crippen molar-refractivity contribution in [1.82, 2.24) is 5.06 Å². The molecule has 0 atom stereocenters. The lowest BCUT2D eigenvalue weighted by atomic mass is 10.1. The largest absolute Gasteiger partial charge is 0.472 e. The van der Waals surface area contributed by atoms with Crippen LogP contribution in [0.4, 0.5) is 0 Å². The predicted octanol–water partition coefficient (Wildman–Crippen LogP) is 1.65. The summed E-state index contributed by atoms with van der Waals surface area (Å²) in [5.74, 6) is -2.14. The number of fused-ring (bicyclic) bond motifs is 1. The number of carbonyl (C=O) groups excluding carboxylic acids is 3. The van der Waals surface area contributed by atoms with E-state index in [4.69, 9.17) is 9.25 Å². The first-order valence-corrected chi connectivity index (χ1v) is 5.41. The molecule has 0 saturated carbocycles. The van der Waals surface area contributed by atoms with E-state index in [9.17, 15) is 14.4 Å². The fourth-order valence-corrected chi connectivity index (χ4v) is 1.77. The Morgan fingerprint density at radius 3 is 2.21 bits per heavy atom. The van der Waals surface area contributed by atoms with Gasteiger partial charge in [-0.1, -0.05) is 17.2 Å². The van der Waals surface area contributed by atoms with E-state index in [2.05, 4.69) is 0 Å². The summed E-state index contributed by atoms with van der Waals surface area (Å²) in [5, 5.41) is 0.458. The van der Waals surface area contributed by atoms with E-state index in [1.807, 2.05) is 0 Å². The Labute approximate surface area is 107 Å². The standard InChI is InChI=1S/C13H7NO5/c15-11-9-3-1-2-4-10(9)12(16)14(11)19-13(17)8-5-6-18-7-8/h1-7H. The number of nitrogens with zero attached hydrogens (tertiary/aromatic N) is 1. The third-order valence-electron chi connectivity index (χ3n) is 2.69. The molecule has 1 aromatic carbocycles. The molecule has 0 bridgehead atoms. The van der Waals surface area contributed by atoms with Crippen molar-refractivity contribution in [2.24, 2.45) is 0 Å². The van der Waals surface area contributed by atoms with E-state index >= 15 is 0 Å².